The van der Waals surface area contributed by atoms with Gasteiger partial charge in [0.05, 0.1) is 12.3 Å². The molecule has 138 valence electrons. The van der Waals surface area contributed by atoms with E-state index in [-0.39, 0.29) is 18.9 Å². The molecule has 2 aromatic heterocycles. The van der Waals surface area contributed by atoms with Gasteiger partial charge < -0.3 is 4.42 Å². The lowest BCUT2D eigenvalue weighted by Crippen LogP contribution is -2.51. The van der Waals surface area contributed by atoms with Crippen LogP contribution in [0.25, 0.3) is 11.5 Å². The minimum absolute atomic E-state index is 0.0882. The molecular formula is C20H23F2N3O. The molecule has 0 amide bonds. The minimum Gasteiger partial charge on any atom is -0.463 e. The first-order chi connectivity index (χ1) is 12.5. The fourth-order valence-electron chi connectivity index (χ4n) is 3.75. The Labute approximate surface area is 152 Å². The number of nitrogens with zero attached hydrogens (tertiary/aromatic N) is 3. The van der Waals surface area contributed by atoms with Crippen LogP contribution < -0.4 is 0 Å². The summed E-state index contributed by atoms with van der Waals surface area (Å²) in [5.41, 5.74) is 0.265. The van der Waals surface area contributed by atoms with Crippen LogP contribution >= 0.6 is 0 Å². The Bertz CT molecular complexity index is 785. The van der Waals surface area contributed by atoms with E-state index in [0.29, 0.717) is 36.5 Å². The van der Waals surface area contributed by atoms with Gasteiger partial charge in [-0.15, -0.1) is 0 Å². The first kappa shape index (κ1) is 18.5. The summed E-state index contributed by atoms with van der Waals surface area (Å²) < 4.78 is 34.5. The Morgan fingerprint density at radius 3 is 2.81 bits per heavy atom. The summed E-state index contributed by atoms with van der Waals surface area (Å²) in [5.74, 6) is 0.0350. The molecule has 3 heterocycles. The van der Waals surface area contributed by atoms with Crippen molar-refractivity contribution >= 4 is 0 Å². The summed E-state index contributed by atoms with van der Waals surface area (Å²) >= 11 is 0. The van der Waals surface area contributed by atoms with Crippen LogP contribution in [0.1, 0.15) is 32.3 Å². The topological polar surface area (TPSA) is 53.1 Å². The maximum atomic E-state index is 14.9. The van der Waals surface area contributed by atoms with Gasteiger partial charge in [-0.3, -0.25) is 4.90 Å². The number of rotatable bonds is 5. The Morgan fingerprint density at radius 2 is 2.23 bits per heavy atom. The molecule has 0 saturated carbocycles. The molecule has 1 aliphatic rings. The number of hydrogen-bond acceptors (Lipinski definition) is 4. The predicted molar refractivity (Wildman–Crippen MR) is 94.2 cm³/mol. The third kappa shape index (κ3) is 3.49. The van der Waals surface area contributed by atoms with Crippen LogP contribution in [-0.4, -0.2) is 29.1 Å². The number of piperidine rings is 1. The quantitative estimate of drug-likeness (QED) is 0.733. The molecule has 1 fully saturated rings. The molecule has 26 heavy (non-hydrogen) atoms. The average Bonchev–Trinajstić information content (AvgIpc) is 3.13. The lowest BCUT2D eigenvalue weighted by atomic mass is 9.67. The highest BCUT2D eigenvalue weighted by Crippen LogP contribution is 2.43. The second-order valence-corrected chi connectivity index (χ2v) is 7.30. The van der Waals surface area contributed by atoms with E-state index >= 15 is 0 Å². The van der Waals surface area contributed by atoms with Gasteiger partial charge in [0, 0.05) is 30.5 Å². The van der Waals surface area contributed by atoms with Crippen LogP contribution in [0.3, 0.4) is 0 Å². The van der Waals surface area contributed by atoms with Crippen LogP contribution in [0.2, 0.25) is 0 Å². The highest BCUT2D eigenvalue weighted by molar-refractivity contribution is 5.51. The van der Waals surface area contributed by atoms with Gasteiger partial charge in [0.25, 0.3) is 0 Å². The summed E-state index contributed by atoms with van der Waals surface area (Å²) in [6.45, 7) is 5.09. The van der Waals surface area contributed by atoms with Crippen molar-refractivity contribution in [1.82, 2.24) is 9.88 Å². The summed E-state index contributed by atoms with van der Waals surface area (Å²) in [6.07, 6.45) is 1.22. The van der Waals surface area contributed by atoms with Crippen LogP contribution in [0.5, 0.6) is 0 Å². The first-order valence-corrected chi connectivity index (χ1v) is 8.89. The summed E-state index contributed by atoms with van der Waals surface area (Å²) in [7, 11) is 0. The van der Waals surface area contributed by atoms with Crippen molar-refractivity contribution in [1.29, 1.82) is 5.26 Å². The summed E-state index contributed by atoms with van der Waals surface area (Å²) in [5, 5.41) is 9.10. The molecule has 4 nitrogen and oxygen atoms in total. The molecule has 0 aliphatic carbocycles. The van der Waals surface area contributed by atoms with Gasteiger partial charge >= 0.3 is 0 Å². The number of alkyl halides is 1. The summed E-state index contributed by atoms with van der Waals surface area (Å²) in [4.78, 5) is 5.86. The second kappa shape index (κ2) is 7.55. The van der Waals surface area contributed by atoms with Crippen molar-refractivity contribution < 1.29 is 13.2 Å². The van der Waals surface area contributed by atoms with Crippen molar-refractivity contribution in [3.63, 3.8) is 0 Å². The maximum Gasteiger partial charge on any atom is 0.218 e. The zero-order chi connectivity index (χ0) is 18.7. The molecule has 1 saturated heterocycles. The van der Waals surface area contributed by atoms with E-state index in [1.165, 1.54) is 6.26 Å². The van der Waals surface area contributed by atoms with E-state index in [1.54, 1.807) is 24.3 Å². The summed E-state index contributed by atoms with van der Waals surface area (Å²) in [6, 6.07) is 8.98. The number of hydrogen-bond donors (Lipinski definition) is 0. The highest BCUT2D eigenvalue weighted by Gasteiger charge is 2.45. The van der Waals surface area contributed by atoms with Crippen LogP contribution in [0.15, 0.2) is 34.9 Å². The Kier molecular flexibility index (Phi) is 5.38. The van der Waals surface area contributed by atoms with Gasteiger partial charge in [-0.1, -0.05) is 19.9 Å². The first-order valence-electron chi connectivity index (χ1n) is 8.89. The molecule has 6 heteroatoms. The van der Waals surface area contributed by atoms with E-state index in [2.05, 4.69) is 11.1 Å². The Balaban J connectivity index is 1.70. The van der Waals surface area contributed by atoms with Crippen molar-refractivity contribution in [2.75, 3.05) is 13.1 Å². The molecule has 0 spiro atoms. The maximum absolute atomic E-state index is 14.9. The normalized spacial score (nSPS) is 23.9. The van der Waals surface area contributed by atoms with E-state index in [4.69, 9.17) is 9.68 Å². The molecule has 2 atom stereocenters. The second-order valence-electron chi connectivity index (χ2n) is 7.30. The molecular weight excluding hydrogens is 336 g/mol. The van der Waals surface area contributed by atoms with Gasteiger partial charge in [0.1, 0.15) is 11.9 Å². The average molecular weight is 359 g/mol. The third-order valence-corrected chi connectivity index (χ3v) is 5.59. The van der Waals surface area contributed by atoms with Crippen molar-refractivity contribution in [3.05, 3.63) is 42.0 Å². The zero-order valence-electron chi connectivity index (χ0n) is 15.1. The van der Waals surface area contributed by atoms with Gasteiger partial charge in [-0.2, -0.15) is 9.65 Å². The highest BCUT2D eigenvalue weighted by atomic mass is 19.1. The third-order valence-electron chi connectivity index (χ3n) is 5.59. The van der Waals surface area contributed by atoms with Gasteiger partial charge in [0.15, 0.2) is 5.76 Å². The van der Waals surface area contributed by atoms with Gasteiger partial charge in [-0.25, -0.2) is 9.37 Å². The zero-order valence-corrected chi connectivity index (χ0v) is 15.1. The van der Waals surface area contributed by atoms with Crippen molar-refractivity contribution in [2.45, 2.75) is 39.4 Å². The smallest absolute Gasteiger partial charge is 0.218 e. The molecule has 0 aromatic carbocycles. The van der Waals surface area contributed by atoms with E-state index in [0.717, 1.165) is 0 Å². The molecule has 2 aromatic rings. The largest absolute Gasteiger partial charge is 0.463 e. The molecule has 1 aliphatic heterocycles. The Hall–Kier alpha value is -2.26. The molecule has 3 rings (SSSR count). The fourth-order valence-corrected chi connectivity index (χ4v) is 3.75. The SMILES string of the molecule is CC(C)C1(CC#N)CCN(Cc2ccc(-c3ccco3)nc2F)CC1F. The number of nitriles is 1. The van der Waals surface area contributed by atoms with E-state index in [9.17, 15) is 8.78 Å². The van der Waals surface area contributed by atoms with Crippen molar-refractivity contribution in [3.8, 4) is 17.5 Å². The number of halogens is 2. The lowest BCUT2D eigenvalue weighted by molar-refractivity contribution is -0.0256. The van der Waals surface area contributed by atoms with Crippen LogP contribution in [0, 0.1) is 28.6 Å². The Morgan fingerprint density at radius 1 is 1.42 bits per heavy atom. The minimum atomic E-state index is -1.10. The van der Waals surface area contributed by atoms with Crippen LogP contribution in [0.4, 0.5) is 8.78 Å². The molecule has 0 N–H and O–H groups in total. The predicted octanol–water partition coefficient (Wildman–Crippen LogP) is 4.58. The van der Waals surface area contributed by atoms with Gasteiger partial charge in [0.2, 0.25) is 5.95 Å². The standard InChI is InChI=1S/C20H23F2N3O/c1-14(2)20(7-9-23)8-10-25(13-18(20)21)12-15-5-6-16(24-19(15)22)17-4-3-11-26-17/h3-6,11,14,18H,7-8,10,12-13H2,1-2H3. The van der Waals surface area contributed by atoms with Crippen LogP contribution in [-0.2, 0) is 6.54 Å². The van der Waals surface area contributed by atoms with Crippen molar-refractivity contribution in [2.24, 2.45) is 11.3 Å². The monoisotopic (exact) mass is 359 g/mol. The van der Waals surface area contributed by atoms with E-state index in [1.807, 2.05) is 18.7 Å². The van der Waals surface area contributed by atoms with Gasteiger partial charge in [-0.05, 0) is 37.1 Å². The molecule has 0 radical (unpaired) electrons. The van der Waals surface area contributed by atoms with E-state index < -0.39 is 17.5 Å². The number of pyridine rings is 1. The number of likely N-dealkylation sites (tertiary alicyclic amines) is 1. The fraction of sp³-hybridized carbons (Fsp3) is 0.500. The number of aromatic nitrogens is 1. The lowest BCUT2D eigenvalue weighted by Gasteiger charge is -2.46. The molecule has 2 unspecified atom stereocenters. The number of furan rings is 1. The molecule has 0 bridgehead atoms.